The molecular formula is C28H39ClN2O4S. The Bertz CT molecular complexity index is 1060. The van der Waals surface area contributed by atoms with Gasteiger partial charge in [0, 0.05) is 36.6 Å². The predicted molar refractivity (Wildman–Crippen MR) is 145 cm³/mol. The van der Waals surface area contributed by atoms with Gasteiger partial charge in [0.1, 0.15) is 10.6 Å². The molecule has 0 aromatic heterocycles. The van der Waals surface area contributed by atoms with Crippen molar-refractivity contribution in [3.8, 4) is 5.75 Å². The number of rotatable bonds is 13. The van der Waals surface area contributed by atoms with Gasteiger partial charge in [0.25, 0.3) is 0 Å². The van der Waals surface area contributed by atoms with E-state index in [2.05, 4.69) is 24.1 Å². The molecule has 0 aliphatic carbocycles. The van der Waals surface area contributed by atoms with Gasteiger partial charge in [0.05, 0.1) is 0 Å². The zero-order valence-electron chi connectivity index (χ0n) is 21.4. The van der Waals surface area contributed by atoms with Crippen molar-refractivity contribution in [2.75, 3.05) is 13.1 Å². The summed E-state index contributed by atoms with van der Waals surface area (Å²) in [5, 5.41) is 4.20. The minimum Gasteiger partial charge on any atom is -0.379 e. The van der Waals surface area contributed by atoms with E-state index in [0.29, 0.717) is 23.4 Å². The Labute approximate surface area is 221 Å². The molecule has 1 heterocycles. The number of nitrogens with zero attached hydrogens (tertiary/aromatic N) is 1. The lowest BCUT2D eigenvalue weighted by Gasteiger charge is -2.24. The second-order valence-corrected chi connectivity index (χ2v) is 11.7. The van der Waals surface area contributed by atoms with Gasteiger partial charge in [-0.25, -0.2) is 0 Å². The number of hydrogen-bond donors (Lipinski definition) is 1. The maximum atomic E-state index is 12.5. The summed E-state index contributed by atoms with van der Waals surface area (Å²) in [4.78, 5) is 14.3. The Morgan fingerprint density at radius 3 is 2.44 bits per heavy atom. The van der Waals surface area contributed by atoms with Gasteiger partial charge in [-0.3, -0.25) is 4.79 Å². The van der Waals surface area contributed by atoms with Crippen LogP contribution in [0.25, 0.3) is 0 Å². The maximum absolute atomic E-state index is 12.5. The zero-order chi connectivity index (χ0) is 26.0. The normalized spacial score (nSPS) is 16.4. The SMILES string of the molecule is CCC(CCCCN1CCCCCC1=O)NC(C)Cc1ccc(OS(=O)(=O)c2ccc(Cl)cc2)cc1. The van der Waals surface area contributed by atoms with Crippen LogP contribution >= 0.6 is 11.6 Å². The smallest absolute Gasteiger partial charge is 0.339 e. The summed E-state index contributed by atoms with van der Waals surface area (Å²) in [5.74, 6) is 0.605. The van der Waals surface area contributed by atoms with Crippen LogP contribution in [0.4, 0.5) is 0 Å². The molecule has 2 atom stereocenters. The van der Waals surface area contributed by atoms with Gasteiger partial charge in [-0.15, -0.1) is 0 Å². The standard InChI is InChI=1S/C28H39ClN2O4S/c1-3-25(9-6-8-20-31-19-7-4-5-10-28(31)32)30-22(2)21-23-11-15-26(16-12-23)35-36(33,34)27-17-13-24(29)14-18-27/h11-18,22,25,30H,3-10,19-21H2,1-2H3. The van der Waals surface area contributed by atoms with Crippen LogP contribution in [0.5, 0.6) is 5.75 Å². The molecule has 2 aromatic carbocycles. The summed E-state index contributed by atoms with van der Waals surface area (Å²) in [7, 11) is -3.90. The number of nitrogens with one attached hydrogen (secondary N) is 1. The summed E-state index contributed by atoms with van der Waals surface area (Å²) < 4.78 is 30.2. The van der Waals surface area contributed by atoms with Crippen molar-refractivity contribution in [2.45, 2.75) is 88.6 Å². The first kappa shape index (κ1) is 28.5. The van der Waals surface area contributed by atoms with Crippen LogP contribution in [0, 0.1) is 0 Å². The highest BCUT2D eigenvalue weighted by molar-refractivity contribution is 7.87. The molecule has 198 valence electrons. The van der Waals surface area contributed by atoms with Gasteiger partial charge in [0.15, 0.2) is 0 Å². The fraction of sp³-hybridized carbons (Fsp3) is 0.536. The van der Waals surface area contributed by atoms with E-state index in [1.54, 1.807) is 12.1 Å². The molecule has 36 heavy (non-hydrogen) atoms. The first-order valence-electron chi connectivity index (χ1n) is 13.1. The summed E-state index contributed by atoms with van der Waals surface area (Å²) in [6.07, 6.45) is 9.20. The molecule has 1 fully saturated rings. The lowest BCUT2D eigenvalue weighted by Crippen LogP contribution is -2.37. The van der Waals surface area contributed by atoms with Crippen molar-refractivity contribution < 1.29 is 17.4 Å². The van der Waals surface area contributed by atoms with Gasteiger partial charge >= 0.3 is 10.1 Å². The van der Waals surface area contributed by atoms with Crippen LogP contribution in [0.3, 0.4) is 0 Å². The molecule has 1 aliphatic rings. The highest BCUT2D eigenvalue weighted by Gasteiger charge is 2.18. The Balaban J connectivity index is 1.42. The summed E-state index contributed by atoms with van der Waals surface area (Å²) >= 11 is 5.84. The second-order valence-electron chi connectivity index (χ2n) is 9.70. The largest absolute Gasteiger partial charge is 0.379 e. The van der Waals surface area contributed by atoms with Crippen molar-refractivity contribution in [1.29, 1.82) is 0 Å². The molecule has 1 amide bonds. The molecule has 0 saturated carbocycles. The molecule has 1 N–H and O–H groups in total. The number of amides is 1. The Hall–Kier alpha value is -2.09. The Morgan fingerprint density at radius 2 is 1.75 bits per heavy atom. The Morgan fingerprint density at radius 1 is 1.03 bits per heavy atom. The van der Waals surface area contributed by atoms with Crippen molar-refractivity contribution in [1.82, 2.24) is 10.2 Å². The quantitative estimate of drug-likeness (QED) is 0.253. The molecule has 3 rings (SSSR count). The fourth-order valence-electron chi connectivity index (χ4n) is 4.65. The van der Waals surface area contributed by atoms with Gasteiger partial charge in [-0.2, -0.15) is 8.42 Å². The first-order chi connectivity index (χ1) is 17.3. The lowest BCUT2D eigenvalue weighted by molar-refractivity contribution is -0.130. The van der Waals surface area contributed by atoms with E-state index >= 15 is 0 Å². The molecule has 6 nitrogen and oxygen atoms in total. The molecule has 1 saturated heterocycles. The Kier molecular flexibility index (Phi) is 11.1. The monoisotopic (exact) mass is 534 g/mol. The van der Waals surface area contributed by atoms with E-state index in [0.717, 1.165) is 63.6 Å². The average Bonchev–Trinajstić information content (AvgIpc) is 3.06. The third-order valence-corrected chi connectivity index (χ3v) is 8.20. The van der Waals surface area contributed by atoms with E-state index in [1.165, 1.54) is 30.7 Å². The highest BCUT2D eigenvalue weighted by Crippen LogP contribution is 2.21. The minimum absolute atomic E-state index is 0.0671. The number of benzene rings is 2. The first-order valence-corrected chi connectivity index (χ1v) is 14.9. The summed E-state index contributed by atoms with van der Waals surface area (Å²) in [6, 6.07) is 13.8. The van der Waals surface area contributed by atoms with Crippen molar-refractivity contribution in [2.24, 2.45) is 0 Å². The third kappa shape index (κ3) is 9.09. The zero-order valence-corrected chi connectivity index (χ0v) is 23.0. The lowest BCUT2D eigenvalue weighted by atomic mass is 10.0. The number of halogens is 1. The van der Waals surface area contributed by atoms with Crippen LogP contribution in [0.15, 0.2) is 53.4 Å². The van der Waals surface area contributed by atoms with E-state index in [4.69, 9.17) is 15.8 Å². The molecule has 1 aliphatic heterocycles. The van der Waals surface area contributed by atoms with E-state index in [1.807, 2.05) is 12.1 Å². The van der Waals surface area contributed by atoms with Crippen molar-refractivity contribution >= 4 is 27.6 Å². The van der Waals surface area contributed by atoms with Gasteiger partial charge in [-0.1, -0.05) is 43.5 Å². The highest BCUT2D eigenvalue weighted by atomic mass is 35.5. The number of unbranched alkanes of at least 4 members (excludes halogenated alkanes) is 1. The number of hydrogen-bond acceptors (Lipinski definition) is 5. The van der Waals surface area contributed by atoms with Crippen LogP contribution in [-0.4, -0.2) is 44.4 Å². The maximum Gasteiger partial charge on any atom is 0.339 e. The molecule has 0 radical (unpaired) electrons. The fourth-order valence-corrected chi connectivity index (χ4v) is 5.70. The summed E-state index contributed by atoms with van der Waals surface area (Å²) in [5.41, 5.74) is 1.11. The van der Waals surface area contributed by atoms with Crippen molar-refractivity contribution in [3.63, 3.8) is 0 Å². The van der Waals surface area contributed by atoms with Gasteiger partial charge in [0.2, 0.25) is 5.91 Å². The van der Waals surface area contributed by atoms with Crippen LogP contribution in [0.2, 0.25) is 5.02 Å². The van der Waals surface area contributed by atoms with E-state index < -0.39 is 10.1 Å². The second kappa shape index (κ2) is 14.0. The number of carbonyl (C=O) groups excluding carboxylic acids is 1. The molecule has 8 heteroatoms. The van der Waals surface area contributed by atoms with E-state index in [-0.39, 0.29) is 16.7 Å². The molecule has 2 aromatic rings. The molecule has 2 unspecified atom stereocenters. The third-order valence-electron chi connectivity index (χ3n) is 6.69. The van der Waals surface area contributed by atoms with Crippen LogP contribution in [0.1, 0.15) is 70.8 Å². The molecule has 0 bridgehead atoms. The average molecular weight is 535 g/mol. The van der Waals surface area contributed by atoms with Crippen LogP contribution in [-0.2, 0) is 21.3 Å². The van der Waals surface area contributed by atoms with Crippen molar-refractivity contribution in [3.05, 3.63) is 59.1 Å². The van der Waals surface area contributed by atoms with E-state index in [9.17, 15) is 13.2 Å². The number of likely N-dealkylation sites (tertiary alicyclic amines) is 1. The molecule has 0 spiro atoms. The summed E-state index contributed by atoms with van der Waals surface area (Å²) in [6.45, 7) is 6.18. The van der Waals surface area contributed by atoms with Crippen LogP contribution < -0.4 is 9.50 Å². The number of carbonyl (C=O) groups is 1. The topological polar surface area (TPSA) is 75.7 Å². The van der Waals surface area contributed by atoms with Gasteiger partial charge in [-0.05, 0) is 87.4 Å². The van der Waals surface area contributed by atoms with Gasteiger partial charge < -0.3 is 14.4 Å². The molecular weight excluding hydrogens is 496 g/mol. The predicted octanol–water partition coefficient (Wildman–Crippen LogP) is 5.98. The minimum atomic E-state index is -3.90.